The number of hydrogen-bond donors (Lipinski definition) is 0. The molecule has 0 spiro atoms. The zero-order valence-corrected chi connectivity index (χ0v) is 19.3. The highest BCUT2D eigenvalue weighted by molar-refractivity contribution is 5.76. The number of carbonyl (C=O) groups excluding carboxylic acids is 1. The van der Waals surface area contributed by atoms with Gasteiger partial charge in [0.15, 0.2) is 0 Å². The second-order valence-electron chi connectivity index (χ2n) is 8.93. The molecule has 0 bridgehead atoms. The first-order valence-corrected chi connectivity index (χ1v) is 11.8. The highest BCUT2D eigenvalue weighted by atomic mass is 16.2. The van der Waals surface area contributed by atoms with Crippen LogP contribution in [-0.4, -0.2) is 41.9 Å². The molecule has 0 aliphatic carbocycles. The van der Waals surface area contributed by atoms with Crippen molar-refractivity contribution in [2.24, 2.45) is 0 Å². The van der Waals surface area contributed by atoms with E-state index in [1.807, 2.05) is 6.07 Å². The van der Waals surface area contributed by atoms with Crippen LogP contribution in [0.3, 0.4) is 0 Å². The van der Waals surface area contributed by atoms with E-state index in [9.17, 15) is 4.79 Å². The summed E-state index contributed by atoms with van der Waals surface area (Å²) in [6, 6.07) is 28.2. The Bertz CT molecular complexity index is 1010. The maximum absolute atomic E-state index is 12.8. The van der Waals surface area contributed by atoms with E-state index >= 15 is 0 Å². The Morgan fingerprint density at radius 2 is 1.50 bits per heavy atom. The molecule has 0 N–H and O–H groups in total. The Morgan fingerprint density at radius 3 is 2.19 bits per heavy atom. The van der Waals surface area contributed by atoms with Gasteiger partial charge in [0.25, 0.3) is 0 Å². The minimum atomic E-state index is 0.228. The lowest BCUT2D eigenvalue weighted by atomic mass is 9.92. The number of nitrogens with zero attached hydrogens (tertiary/aromatic N) is 2. The van der Waals surface area contributed by atoms with Crippen LogP contribution in [0.15, 0.2) is 78.9 Å². The van der Waals surface area contributed by atoms with Gasteiger partial charge in [0, 0.05) is 32.6 Å². The normalized spacial score (nSPS) is 15.5. The van der Waals surface area contributed by atoms with Crippen LogP contribution < -0.4 is 0 Å². The minimum Gasteiger partial charge on any atom is -0.340 e. The van der Waals surface area contributed by atoms with E-state index in [4.69, 9.17) is 0 Å². The van der Waals surface area contributed by atoms with Gasteiger partial charge in [0.05, 0.1) is 6.04 Å². The van der Waals surface area contributed by atoms with Crippen molar-refractivity contribution in [1.82, 2.24) is 9.80 Å². The van der Waals surface area contributed by atoms with Gasteiger partial charge in [0.1, 0.15) is 0 Å². The molecule has 0 unspecified atom stereocenters. The second kappa shape index (κ2) is 10.6. The first-order chi connectivity index (χ1) is 15.6. The summed E-state index contributed by atoms with van der Waals surface area (Å²) in [4.78, 5) is 17.4. The standard InChI is InChI=1S/C29H34N2O/c1-23-16-17-24(2)27(22-23)29(26-13-7-4-8-14-26)31-20-18-30(19-21-31)28(32)15-9-12-25-10-5-3-6-11-25/h3-8,10-11,13-14,16-17,22,29H,9,12,15,18-21H2,1-2H3/t29-/m0/s1. The molecule has 3 aromatic rings. The molecule has 3 aromatic carbocycles. The number of hydrogen-bond acceptors (Lipinski definition) is 2. The number of rotatable bonds is 7. The van der Waals surface area contributed by atoms with E-state index in [1.54, 1.807) is 0 Å². The van der Waals surface area contributed by atoms with Crippen molar-refractivity contribution in [2.75, 3.05) is 26.2 Å². The van der Waals surface area contributed by atoms with E-state index in [-0.39, 0.29) is 6.04 Å². The van der Waals surface area contributed by atoms with Gasteiger partial charge in [-0.3, -0.25) is 9.69 Å². The maximum atomic E-state index is 12.8. The monoisotopic (exact) mass is 426 g/mol. The van der Waals surface area contributed by atoms with Gasteiger partial charge in [-0.1, -0.05) is 84.4 Å². The molecule has 0 saturated carbocycles. The summed E-state index contributed by atoms with van der Waals surface area (Å²) >= 11 is 0. The summed E-state index contributed by atoms with van der Waals surface area (Å²) in [6.07, 6.45) is 2.52. The Hall–Kier alpha value is -2.91. The molecule has 0 radical (unpaired) electrons. The summed E-state index contributed by atoms with van der Waals surface area (Å²) in [5.41, 5.74) is 6.62. The Balaban J connectivity index is 1.40. The van der Waals surface area contributed by atoms with Crippen LogP contribution in [0.25, 0.3) is 0 Å². The highest BCUT2D eigenvalue weighted by Crippen LogP contribution is 2.32. The van der Waals surface area contributed by atoms with Crippen LogP contribution in [0.4, 0.5) is 0 Å². The zero-order chi connectivity index (χ0) is 22.3. The van der Waals surface area contributed by atoms with Gasteiger partial charge in [-0.15, -0.1) is 0 Å². The average Bonchev–Trinajstić information content (AvgIpc) is 2.83. The average molecular weight is 427 g/mol. The van der Waals surface area contributed by atoms with Gasteiger partial charge >= 0.3 is 0 Å². The molecular weight excluding hydrogens is 392 g/mol. The van der Waals surface area contributed by atoms with Crippen LogP contribution in [0, 0.1) is 13.8 Å². The molecule has 1 fully saturated rings. The van der Waals surface area contributed by atoms with Crippen molar-refractivity contribution in [3.05, 3.63) is 107 Å². The molecule has 1 heterocycles. The lowest BCUT2D eigenvalue weighted by Crippen LogP contribution is -2.50. The van der Waals surface area contributed by atoms with Crippen molar-refractivity contribution in [3.8, 4) is 0 Å². The number of carbonyl (C=O) groups is 1. The highest BCUT2D eigenvalue weighted by Gasteiger charge is 2.28. The molecule has 1 aliphatic heterocycles. The second-order valence-corrected chi connectivity index (χ2v) is 8.93. The summed E-state index contributed by atoms with van der Waals surface area (Å²) in [6.45, 7) is 7.78. The van der Waals surface area contributed by atoms with Crippen molar-refractivity contribution < 1.29 is 4.79 Å². The number of piperazine rings is 1. The molecule has 1 atom stereocenters. The molecule has 3 heteroatoms. The Morgan fingerprint density at radius 1 is 0.844 bits per heavy atom. The molecule has 4 rings (SSSR count). The lowest BCUT2D eigenvalue weighted by molar-refractivity contribution is -0.133. The van der Waals surface area contributed by atoms with Crippen LogP contribution in [-0.2, 0) is 11.2 Å². The predicted molar refractivity (Wildman–Crippen MR) is 132 cm³/mol. The van der Waals surface area contributed by atoms with Gasteiger partial charge in [0.2, 0.25) is 5.91 Å². The maximum Gasteiger partial charge on any atom is 0.222 e. The first-order valence-electron chi connectivity index (χ1n) is 11.8. The predicted octanol–water partition coefficient (Wildman–Crippen LogP) is 5.56. The van der Waals surface area contributed by atoms with E-state index in [2.05, 4.69) is 96.4 Å². The first kappa shape index (κ1) is 22.3. The number of aryl methyl sites for hydroxylation is 3. The largest absolute Gasteiger partial charge is 0.340 e. The molecule has 166 valence electrons. The summed E-state index contributed by atoms with van der Waals surface area (Å²) in [5.74, 6) is 0.295. The molecule has 32 heavy (non-hydrogen) atoms. The van der Waals surface area contributed by atoms with Gasteiger partial charge < -0.3 is 4.90 Å². The van der Waals surface area contributed by atoms with Crippen LogP contribution in [0.1, 0.15) is 46.7 Å². The van der Waals surface area contributed by atoms with Crippen molar-refractivity contribution in [1.29, 1.82) is 0 Å². The SMILES string of the molecule is Cc1ccc(C)c([C@H](c2ccccc2)N2CCN(C(=O)CCCc3ccccc3)CC2)c1. The third-order valence-corrected chi connectivity index (χ3v) is 6.58. The van der Waals surface area contributed by atoms with E-state index in [0.717, 1.165) is 39.0 Å². The molecule has 1 amide bonds. The van der Waals surface area contributed by atoms with Gasteiger partial charge in [-0.25, -0.2) is 0 Å². The summed E-state index contributed by atoms with van der Waals surface area (Å²) in [7, 11) is 0. The third kappa shape index (κ3) is 5.46. The van der Waals surface area contributed by atoms with Crippen LogP contribution in [0.5, 0.6) is 0 Å². The molecule has 0 aromatic heterocycles. The quantitative estimate of drug-likeness (QED) is 0.494. The zero-order valence-electron chi connectivity index (χ0n) is 19.3. The molecule has 3 nitrogen and oxygen atoms in total. The van der Waals surface area contributed by atoms with Gasteiger partial charge in [-0.05, 0) is 48.9 Å². The lowest BCUT2D eigenvalue weighted by Gasteiger charge is -2.40. The number of amides is 1. The fraction of sp³-hybridized carbons (Fsp3) is 0.345. The van der Waals surface area contributed by atoms with Gasteiger partial charge in [-0.2, -0.15) is 0 Å². The summed E-state index contributed by atoms with van der Waals surface area (Å²) in [5, 5.41) is 0. The van der Waals surface area contributed by atoms with E-state index < -0.39 is 0 Å². The summed E-state index contributed by atoms with van der Waals surface area (Å²) < 4.78 is 0. The fourth-order valence-electron chi connectivity index (χ4n) is 4.75. The van der Waals surface area contributed by atoms with Crippen LogP contribution in [0.2, 0.25) is 0 Å². The van der Waals surface area contributed by atoms with Crippen molar-refractivity contribution >= 4 is 5.91 Å². The Labute approximate surface area is 192 Å². The number of benzene rings is 3. The third-order valence-electron chi connectivity index (χ3n) is 6.58. The van der Waals surface area contributed by atoms with Crippen molar-refractivity contribution in [2.45, 2.75) is 39.2 Å². The van der Waals surface area contributed by atoms with E-state index in [0.29, 0.717) is 12.3 Å². The van der Waals surface area contributed by atoms with Crippen molar-refractivity contribution in [3.63, 3.8) is 0 Å². The van der Waals surface area contributed by atoms with Crippen LogP contribution >= 0.6 is 0 Å². The molecule has 1 saturated heterocycles. The smallest absolute Gasteiger partial charge is 0.222 e. The minimum absolute atomic E-state index is 0.228. The molecular formula is C29H34N2O. The fourth-order valence-corrected chi connectivity index (χ4v) is 4.75. The molecule has 1 aliphatic rings. The van der Waals surface area contributed by atoms with E-state index in [1.165, 1.54) is 27.8 Å². The Kier molecular flexibility index (Phi) is 7.39. The topological polar surface area (TPSA) is 23.6 Å².